The predicted molar refractivity (Wildman–Crippen MR) is 68.4 cm³/mol. The van der Waals surface area contributed by atoms with Gasteiger partial charge in [0.05, 0.1) is 6.61 Å². The number of nitrogens with zero attached hydrogens (tertiary/aromatic N) is 1. The van der Waals surface area contributed by atoms with Crippen LogP contribution < -0.4 is 5.73 Å². The molecule has 0 spiro atoms. The lowest BCUT2D eigenvalue weighted by atomic mass is 9.79. The van der Waals surface area contributed by atoms with Crippen LogP contribution in [0.4, 0.5) is 0 Å². The third-order valence-corrected chi connectivity index (χ3v) is 4.20. The van der Waals surface area contributed by atoms with Crippen LogP contribution in [-0.4, -0.2) is 42.8 Å². The van der Waals surface area contributed by atoms with Crippen molar-refractivity contribution < 1.29 is 5.11 Å². The Balaban J connectivity index is 2.57. The summed E-state index contributed by atoms with van der Waals surface area (Å²) >= 11 is 0. The van der Waals surface area contributed by atoms with Crippen LogP contribution in [0.3, 0.4) is 0 Å². The van der Waals surface area contributed by atoms with Crippen LogP contribution in [0.25, 0.3) is 0 Å². The lowest BCUT2D eigenvalue weighted by Gasteiger charge is -2.37. The second-order valence-electron chi connectivity index (χ2n) is 5.57. The molecule has 3 nitrogen and oxygen atoms in total. The average Bonchev–Trinajstić information content (AvgIpc) is 2.54. The van der Waals surface area contributed by atoms with Gasteiger partial charge in [-0.1, -0.05) is 25.7 Å². The Bertz CT molecular complexity index is 188. The number of nitrogens with two attached hydrogens (primary N) is 1. The van der Waals surface area contributed by atoms with Crippen molar-refractivity contribution in [3.05, 3.63) is 0 Å². The van der Waals surface area contributed by atoms with Crippen LogP contribution in [0.1, 0.15) is 45.4 Å². The molecule has 1 saturated carbocycles. The Morgan fingerprint density at radius 1 is 1.25 bits per heavy atom. The number of likely N-dealkylation sites (N-methyl/N-ethyl adjacent to an activating group) is 1. The van der Waals surface area contributed by atoms with Gasteiger partial charge in [0.1, 0.15) is 0 Å². The second kappa shape index (κ2) is 6.58. The molecule has 16 heavy (non-hydrogen) atoms. The Morgan fingerprint density at radius 3 is 2.25 bits per heavy atom. The maximum Gasteiger partial charge on any atom is 0.0584 e. The van der Waals surface area contributed by atoms with Crippen LogP contribution >= 0.6 is 0 Å². The summed E-state index contributed by atoms with van der Waals surface area (Å²) in [6.45, 7) is 4.12. The molecule has 3 heteroatoms. The molecule has 0 bridgehead atoms. The molecule has 1 rings (SSSR count). The van der Waals surface area contributed by atoms with E-state index in [9.17, 15) is 5.11 Å². The first-order chi connectivity index (χ1) is 7.63. The smallest absolute Gasteiger partial charge is 0.0584 e. The number of hydrogen-bond acceptors (Lipinski definition) is 3. The Kier molecular flexibility index (Phi) is 5.73. The van der Waals surface area contributed by atoms with Gasteiger partial charge in [0, 0.05) is 12.6 Å². The summed E-state index contributed by atoms with van der Waals surface area (Å²) in [6.07, 6.45) is 7.87. The summed E-state index contributed by atoms with van der Waals surface area (Å²) in [6, 6.07) is 0.242. The zero-order valence-electron chi connectivity index (χ0n) is 10.9. The highest BCUT2D eigenvalue weighted by atomic mass is 16.3. The van der Waals surface area contributed by atoms with Crippen molar-refractivity contribution in [3.8, 4) is 0 Å². The normalized spacial score (nSPS) is 23.1. The molecule has 1 atom stereocenters. The van der Waals surface area contributed by atoms with Crippen molar-refractivity contribution in [2.75, 3.05) is 26.7 Å². The van der Waals surface area contributed by atoms with Crippen LogP contribution in [0.15, 0.2) is 0 Å². The minimum Gasteiger partial charge on any atom is -0.395 e. The first kappa shape index (κ1) is 13.9. The predicted octanol–water partition coefficient (Wildman–Crippen LogP) is 1.60. The highest BCUT2D eigenvalue weighted by Gasteiger charge is 2.31. The number of rotatable bonds is 5. The molecule has 3 N–H and O–H groups in total. The third-order valence-electron chi connectivity index (χ3n) is 4.20. The number of hydrogen-bond donors (Lipinski definition) is 2. The molecule has 96 valence electrons. The summed E-state index contributed by atoms with van der Waals surface area (Å²) in [5, 5.41) is 9.17. The maximum absolute atomic E-state index is 9.17. The molecule has 0 heterocycles. The first-order valence-electron chi connectivity index (χ1n) is 6.65. The molecule has 1 unspecified atom stereocenters. The van der Waals surface area contributed by atoms with Gasteiger partial charge < -0.3 is 15.7 Å². The van der Waals surface area contributed by atoms with E-state index in [0.29, 0.717) is 5.41 Å². The van der Waals surface area contributed by atoms with Crippen molar-refractivity contribution in [2.45, 2.75) is 51.5 Å². The van der Waals surface area contributed by atoms with Crippen LogP contribution in [0.2, 0.25) is 0 Å². The van der Waals surface area contributed by atoms with Crippen molar-refractivity contribution in [1.82, 2.24) is 4.90 Å². The molecule has 1 aliphatic rings. The van der Waals surface area contributed by atoms with E-state index in [1.165, 1.54) is 38.5 Å². The average molecular weight is 228 g/mol. The van der Waals surface area contributed by atoms with E-state index in [0.717, 1.165) is 13.1 Å². The van der Waals surface area contributed by atoms with Crippen molar-refractivity contribution >= 4 is 0 Å². The molecular formula is C13H28N2O. The minimum absolute atomic E-state index is 0.233. The highest BCUT2D eigenvalue weighted by Crippen LogP contribution is 2.35. The third kappa shape index (κ3) is 3.72. The molecule has 0 aliphatic heterocycles. The quantitative estimate of drug-likeness (QED) is 0.703. The van der Waals surface area contributed by atoms with E-state index in [1.54, 1.807) is 0 Å². The van der Waals surface area contributed by atoms with Gasteiger partial charge >= 0.3 is 0 Å². The fourth-order valence-corrected chi connectivity index (χ4v) is 2.73. The van der Waals surface area contributed by atoms with E-state index in [-0.39, 0.29) is 12.6 Å². The topological polar surface area (TPSA) is 49.5 Å². The minimum atomic E-state index is 0.233. The molecular weight excluding hydrogens is 200 g/mol. The highest BCUT2D eigenvalue weighted by molar-refractivity contribution is 4.86. The summed E-state index contributed by atoms with van der Waals surface area (Å²) in [5.41, 5.74) is 6.31. The molecule has 0 aromatic carbocycles. The molecule has 0 radical (unpaired) electrons. The number of aliphatic hydroxyl groups is 1. The van der Waals surface area contributed by atoms with E-state index < -0.39 is 0 Å². The Hall–Kier alpha value is -0.120. The standard InChI is InChI=1S/C13H28N2O/c1-12(9-16)15(2)11-13(10-14)7-5-3-4-6-8-13/h12,16H,3-11,14H2,1-2H3. The second-order valence-corrected chi connectivity index (χ2v) is 5.57. The van der Waals surface area contributed by atoms with Crippen LogP contribution in [0.5, 0.6) is 0 Å². The van der Waals surface area contributed by atoms with Crippen molar-refractivity contribution in [2.24, 2.45) is 11.1 Å². The molecule has 1 fully saturated rings. The van der Waals surface area contributed by atoms with Gasteiger partial charge in [-0.2, -0.15) is 0 Å². The van der Waals surface area contributed by atoms with Crippen LogP contribution in [0, 0.1) is 5.41 Å². The molecule has 0 aromatic rings. The lowest BCUT2D eigenvalue weighted by Crippen LogP contribution is -2.45. The van der Waals surface area contributed by atoms with E-state index in [1.807, 2.05) is 0 Å². The molecule has 0 amide bonds. The largest absolute Gasteiger partial charge is 0.395 e. The SMILES string of the molecule is CC(CO)N(C)CC1(CN)CCCCCC1. The van der Waals surface area contributed by atoms with Gasteiger partial charge in [-0.3, -0.25) is 0 Å². The van der Waals surface area contributed by atoms with Gasteiger partial charge in [-0.05, 0) is 38.8 Å². The summed E-state index contributed by atoms with van der Waals surface area (Å²) < 4.78 is 0. The first-order valence-corrected chi connectivity index (χ1v) is 6.65. The molecule has 0 aromatic heterocycles. The van der Waals surface area contributed by atoms with E-state index in [4.69, 9.17) is 5.73 Å². The summed E-state index contributed by atoms with van der Waals surface area (Å²) in [5.74, 6) is 0. The van der Waals surface area contributed by atoms with Crippen molar-refractivity contribution in [1.29, 1.82) is 0 Å². The zero-order valence-corrected chi connectivity index (χ0v) is 10.9. The van der Waals surface area contributed by atoms with Gasteiger partial charge in [0.15, 0.2) is 0 Å². The van der Waals surface area contributed by atoms with Gasteiger partial charge in [0.25, 0.3) is 0 Å². The van der Waals surface area contributed by atoms with Gasteiger partial charge in [-0.25, -0.2) is 0 Å². The van der Waals surface area contributed by atoms with Gasteiger partial charge in [0.2, 0.25) is 0 Å². The molecule has 1 aliphatic carbocycles. The zero-order chi connectivity index (χ0) is 12.0. The summed E-state index contributed by atoms with van der Waals surface area (Å²) in [7, 11) is 2.10. The van der Waals surface area contributed by atoms with Crippen LogP contribution in [-0.2, 0) is 0 Å². The fraction of sp³-hybridized carbons (Fsp3) is 1.00. The van der Waals surface area contributed by atoms with E-state index >= 15 is 0 Å². The molecule has 0 saturated heterocycles. The van der Waals surface area contributed by atoms with Crippen molar-refractivity contribution in [3.63, 3.8) is 0 Å². The number of aliphatic hydroxyl groups excluding tert-OH is 1. The Morgan fingerprint density at radius 2 is 1.81 bits per heavy atom. The monoisotopic (exact) mass is 228 g/mol. The lowest BCUT2D eigenvalue weighted by molar-refractivity contribution is 0.0960. The summed E-state index contributed by atoms with van der Waals surface area (Å²) in [4.78, 5) is 2.26. The fourth-order valence-electron chi connectivity index (χ4n) is 2.73. The maximum atomic E-state index is 9.17. The van der Waals surface area contributed by atoms with E-state index in [2.05, 4.69) is 18.9 Å². The van der Waals surface area contributed by atoms with Gasteiger partial charge in [-0.15, -0.1) is 0 Å². The Labute approximate surface area is 100 Å².